The Kier molecular flexibility index (Phi) is 13.2. The van der Waals surface area contributed by atoms with Crippen LogP contribution in [0.15, 0.2) is 115 Å². The third-order valence-corrected chi connectivity index (χ3v) is 11.7. The van der Waals surface area contributed by atoms with E-state index in [0.717, 1.165) is 52.4 Å². The van der Waals surface area contributed by atoms with Crippen molar-refractivity contribution in [3.63, 3.8) is 0 Å². The zero-order valence-electron chi connectivity index (χ0n) is 29.1. The molecule has 0 saturated carbocycles. The van der Waals surface area contributed by atoms with E-state index in [1.807, 2.05) is 35.7 Å². The van der Waals surface area contributed by atoms with Crippen molar-refractivity contribution in [2.75, 3.05) is 93.8 Å². The quantitative estimate of drug-likeness (QED) is 0.109. The zero-order valence-corrected chi connectivity index (χ0v) is 30.7. The SMILES string of the molecule is CN1C=CC=C(/C=C/c2ccc(N3CCN(CCSSCCN4CCN(c5ccc(/C=C/c6cc[n+](C)cc6)cc5)CC4)CC3)cc2)C=C1. The third kappa shape index (κ3) is 11.2. The van der Waals surface area contributed by atoms with Crippen LogP contribution < -0.4 is 14.4 Å². The fourth-order valence-corrected chi connectivity index (χ4v) is 8.28. The fraction of sp³-hybridized carbons (Fsp3) is 0.341. The van der Waals surface area contributed by atoms with E-state index in [-0.39, 0.29) is 0 Å². The molecule has 2 fully saturated rings. The summed E-state index contributed by atoms with van der Waals surface area (Å²) >= 11 is 0. The molecule has 0 N–H and O–H groups in total. The second-order valence-electron chi connectivity index (χ2n) is 12.9. The predicted octanol–water partition coefficient (Wildman–Crippen LogP) is 6.92. The molecule has 0 atom stereocenters. The zero-order chi connectivity index (χ0) is 33.7. The highest BCUT2D eigenvalue weighted by atomic mass is 33.1. The molecule has 6 nitrogen and oxygen atoms in total. The highest BCUT2D eigenvalue weighted by Crippen LogP contribution is 2.24. The van der Waals surface area contributed by atoms with Crippen LogP contribution in [0.25, 0.3) is 18.2 Å². The van der Waals surface area contributed by atoms with E-state index in [9.17, 15) is 0 Å². The van der Waals surface area contributed by atoms with E-state index in [4.69, 9.17) is 0 Å². The lowest BCUT2D eigenvalue weighted by Crippen LogP contribution is -2.47. The molecule has 0 radical (unpaired) electrons. The van der Waals surface area contributed by atoms with E-state index in [0.29, 0.717) is 0 Å². The monoisotopic (exact) mass is 691 g/mol. The Balaban J connectivity index is 0.809. The molecular formula is C41H51N6S2+. The van der Waals surface area contributed by atoms with Gasteiger partial charge in [-0.2, -0.15) is 0 Å². The summed E-state index contributed by atoms with van der Waals surface area (Å²) in [5.41, 5.74) is 7.57. The molecule has 4 heterocycles. The first-order valence-electron chi connectivity index (χ1n) is 17.6. The van der Waals surface area contributed by atoms with Crippen molar-refractivity contribution < 1.29 is 4.57 Å². The normalized spacial score (nSPS) is 17.8. The van der Waals surface area contributed by atoms with E-state index in [1.54, 1.807) is 0 Å². The Morgan fingerprint density at radius 3 is 1.57 bits per heavy atom. The Morgan fingerprint density at radius 2 is 1.06 bits per heavy atom. The van der Waals surface area contributed by atoms with Crippen molar-refractivity contribution in [1.29, 1.82) is 0 Å². The van der Waals surface area contributed by atoms with Gasteiger partial charge < -0.3 is 14.7 Å². The molecule has 0 bridgehead atoms. The van der Waals surface area contributed by atoms with Crippen LogP contribution in [0.1, 0.15) is 16.7 Å². The number of benzene rings is 2. The minimum Gasteiger partial charge on any atom is -0.369 e. The minimum absolute atomic E-state index is 1.10. The summed E-state index contributed by atoms with van der Waals surface area (Å²) < 4.78 is 2.06. The number of hydrogen-bond donors (Lipinski definition) is 0. The van der Waals surface area contributed by atoms with Crippen LogP contribution in [0.4, 0.5) is 11.4 Å². The van der Waals surface area contributed by atoms with E-state index in [1.165, 1.54) is 58.2 Å². The van der Waals surface area contributed by atoms with Gasteiger partial charge in [-0.15, -0.1) is 0 Å². The van der Waals surface area contributed by atoms with Gasteiger partial charge in [0.25, 0.3) is 0 Å². The van der Waals surface area contributed by atoms with E-state index in [2.05, 4.69) is 157 Å². The number of anilines is 2. The maximum absolute atomic E-state index is 2.63. The van der Waals surface area contributed by atoms with Crippen LogP contribution in [0.2, 0.25) is 0 Å². The molecule has 3 aliphatic heterocycles. The third-order valence-electron chi connectivity index (χ3n) is 9.38. The van der Waals surface area contributed by atoms with Crippen LogP contribution in [0.3, 0.4) is 0 Å². The van der Waals surface area contributed by atoms with Gasteiger partial charge in [0.1, 0.15) is 7.05 Å². The summed E-state index contributed by atoms with van der Waals surface area (Å²) in [6, 6.07) is 22.3. The molecular weight excluding hydrogens is 641 g/mol. The number of pyridine rings is 1. The molecule has 2 saturated heterocycles. The highest BCUT2D eigenvalue weighted by Gasteiger charge is 2.18. The standard InChI is InChI=1S/C41H51N6S2/c1-42-20-3-4-36(17-21-42)5-6-37-9-13-40(14-10-37)46-28-24-44(25-29-46)32-34-48-49-35-33-45-26-30-47(31-27-45)41-15-11-38(12-16-41)7-8-39-18-22-43(2)23-19-39/h3-23H,24-35H2,1-2H3/q+1/b6-5+. The van der Waals surface area contributed by atoms with Crippen molar-refractivity contribution in [2.45, 2.75) is 0 Å². The molecule has 0 aliphatic carbocycles. The number of hydrogen-bond acceptors (Lipinski definition) is 7. The Morgan fingerprint density at radius 1 is 0.592 bits per heavy atom. The van der Waals surface area contributed by atoms with Crippen molar-refractivity contribution >= 4 is 51.2 Å². The fourth-order valence-electron chi connectivity index (χ4n) is 6.22. The highest BCUT2D eigenvalue weighted by molar-refractivity contribution is 8.76. The molecule has 6 rings (SSSR count). The van der Waals surface area contributed by atoms with Crippen molar-refractivity contribution in [2.24, 2.45) is 7.05 Å². The molecule has 3 aromatic rings. The van der Waals surface area contributed by atoms with E-state index >= 15 is 0 Å². The maximum Gasteiger partial charge on any atom is 0.169 e. The van der Waals surface area contributed by atoms with Gasteiger partial charge in [-0.05, 0) is 58.7 Å². The molecule has 2 aromatic carbocycles. The molecule has 1 aromatic heterocycles. The van der Waals surface area contributed by atoms with Gasteiger partial charge in [0.2, 0.25) is 0 Å². The average molecular weight is 692 g/mol. The Labute approximate surface area is 302 Å². The smallest absolute Gasteiger partial charge is 0.169 e. The minimum atomic E-state index is 1.10. The molecule has 256 valence electrons. The summed E-state index contributed by atoms with van der Waals surface area (Å²) in [5, 5.41) is 0. The van der Waals surface area contributed by atoms with Gasteiger partial charge in [0.15, 0.2) is 12.4 Å². The van der Waals surface area contributed by atoms with Crippen LogP contribution in [0.5, 0.6) is 0 Å². The number of aromatic nitrogens is 1. The summed E-state index contributed by atoms with van der Waals surface area (Å²) in [5.74, 6) is 2.40. The summed E-state index contributed by atoms with van der Waals surface area (Å²) in [4.78, 5) is 12.4. The van der Waals surface area contributed by atoms with Gasteiger partial charge in [-0.25, -0.2) is 4.57 Å². The lowest BCUT2D eigenvalue weighted by molar-refractivity contribution is -0.671. The number of allylic oxidation sites excluding steroid dienone is 5. The van der Waals surface area contributed by atoms with Crippen LogP contribution in [-0.2, 0) is 7.05 Å². The second-order valence-corrected chi connectivity index (χ2v) is 15.6. The summed E-state index contributed by atoms with van der Waals surface area (Å²) in [6.07, 6.45) is 23.4. The lowest BCUT2D eigenvalue weighted by Gasteiger charge is -2.36. The van der Waals surface area contributed by atoms with E-state index < -0.39 is 0 Å². The lowest BCUT2D eigenvalue weighted by atomic mass is 10.1. The topological polar surface area (TPSA) is 20.1 Å². The van der Waals surface area contributed by atoms with Gasteiger partial charge in [0.05, 0.1) is 0 Å². The molecule has 0 amide bonds. The van der Waals surface area contributed by atoms with Crippen LogP contribution in [0, 0.1) is 0 Å². The molecule has 0 spiro atoms. The predicted molar refractivity (Wildman–Crippen MR) is 215 cm³/mol. The first-order valence-corrected chi connectivity index (χ1v) is 20.1. The number of piperazine rings is 2. The molecule has 8 heteroatoms. The molecule has 3 aliphatic rings. The van der Waals surface area contributed by atoms with Crippen molar-refractivity contribution in [3.05, 3.63) is 132 Å². The second kappa shape index (κ2) is 18.3. The number of nitrogens with zero attached hydrogens (tertiary/aromatic N) is 6. The first kappa shape index (κ1) is 35.1. The maximum atomic E-state index is 2.63. The van der Waals surface area contributed by atoms with Crippen molar-refractivity contribution in [3.8, 4) is 0 Å². The largest absolute Gasteiger partial charge is 0.369 e. The molecule has 49 heavy (non-hydrogen) atoms. The van der Waals surface area contributed by atoms with Crippen LogP contribution >= 0.6 is 21.6 Å². The Hall–Kier alpha value is -3.69. The summed E-state index contributed by atoms with van der Waals surface area (Å²) in [7, 11) is 8.19. The van der Waals surface area contributed by atoms with Gasteiger partial charge in [-0.1, -0.05) is 76.2 Å². The number of rotatable bonds is 13. The average Bonchev–Trinajstić information content (AvgIpc) is 3.36. The number of aryl methyl sites for hydroxylation is 1. The summed E-state index contributed by atoms with van der Waals surface area (Å²) in [6.45, 7) is 11.4. The first-order chi connectivity index (χ1) is 24.1. The van der Waals surface area contributed by atoms with Crippen molar-refractivity contribution in [1.82, 2.24) is 14.7 Å². The Bertz CT molecular complexity index is 1600. The van der Waals surface area contributed by atoms with Gasteiger partial charge in [-0.3, -0.25) is 9.80 Å². The molecule has 0 unspecified atom stereocenters. The van der Waals surface area contributed by atoms with Gasteiger partial charge >= 0.3 is 0 Å². The van der Waals surface area contributed by atoms with Gasteiger partial charge in [0, 0.05) is 120 Å². The van der Waals surface area contributed by atoms with Crippen LogP contribution in [-0.4, -0.2) is 98.7 Å².